The number of thiophene rings is 1. The molecule has 0 amide bonds. The molecule has 2 aromatic rings. The van der Waals surface area contributed by atoms with E-state index >= 15 is 0 Å². The average molecular weight is 320 g/mol. The van der Waals surface area contributed by atoms with Gasteiger partial charge in [0.2, 0.25) is 0 Å². The first-order chi connectivity index (χ1) is 6.36. The smallest absolute Gasteiger partial charge is 0.118 e. The molecule has 0 unspecified atom stereocenters. The number of nitrogens with zero attached hydrogens (tertiary/aromatic N) is 2. The Morgan fingerprint density at radius 3 is 3.08 bits per heavy atom. The van der Waals surface area contributed by atoms with E-state index in [1.165, 1.54) is 4.21 Å². The van der Waals surface area contributed by atoms with Gasteiger partial charge in [0, 0.05) is 6.20 Å². The number of hydrogen-bond acceptors (Lipinski definition) is 4. The van der Waals surface area contributed by atoms with E-state index in [-0.39, 0.29) is 0 Å². The largest absolute Gasteiger partial charge is 0.244 e. The lowest BCUT2D eigenvalue weighted by Crippen LogP contribution is -1.84. The van der Waals surface area contributed by atoms with Crippen molar-refractivity contribution in [1.82, 2.24) is 9.97 Å². The van der Waals surface area contributed by atoms with Crippen LogP contribution < -0.4 is 0 Å². The van der Waals surface area contributed by atoms with E-state index in [1.807, 2.05) is 12.3 Å². The van der Waals surface area contributed by atoms with Crippen molar-refractivity contribution in [3.05, 3.63) is 33.6 Å². The van der Waals surface area contributed by atoms with Crippen molar-refractivity contribution in [3.63, 3.8) is 0 Å². The summed E-state index contributed by atoms with van der Waals surface area (Å²) in [4.78, 5) is 8.15. The lowest BCUT2D eigenvalue weighted by atomic mass is 10.7. The molecule has 5 heteroatoms. The van der Waals surface area contributed by atoms with Gasteiger partial charge >= 0.3 is 0 Å². The molecule has 2 rings (SSSR count). The molecule has 2 nitrogen and oxygen atoms in total. The van der Waals surface area contributed by atoms with Crippen molar-refractivity contribution in [1.29, 1.82) is 0 Å². The zero-order valence-electron chi connectivity index (χ0n) is 6.48. The lowest BCUT2D eigenvalue weighted by Gasteiger charge is -1.98. The number of halogens is 1. The predicted molar refractivity (Wildman–Crippen MR) is 63.2 cm³/mol. The van der Waals surface area contributed by atoms with Gasteiger partial charge in [-0.05, 0) is 34.0 Å². The molecular weight excluding hydrogens is 315 g/mol. The highest BCUT2D eigenvalue weighted by Crippen LogP contribution is 2.31. The lowest BCUT2D eigenvalue weighted by molar-refractivity contribution is 1.02. The van der Waals surface area contributed by atoms with Gasteiger partial charge in [-0.2, -0.15) is 0 Å². The SMILES string of the molecule is Ic1cncnc1Sc1cccs1. The fourth-order valence-electron chi connectivity index (χ4n) is 0.793. The van der Waals surface area contributed by atoms with Crippen molar-refractivity contribution in [2.24, 2.45) is 0 Å². The minimum absolute atomic E-state index is 1.03. The van der Waals surface area contributed by atoms with E-state index in [1.54, 1.807) is 29.4 Å². The van der Waals surface area contributed by atoms with Gasteiger partial charge in [0.05, 0.1) is 7.78 Å². The molecule has 0 bridgehead atoms. The zero-order chi connectivity index (χ0) is 9.10. The Morgan fingerprint density at radius 1 is 1.46 bits per heavy atom. The van der Waals surface area contributed by atoms with Crippen LogP contribution in [-0.4, -0.2) is 9.97 Å². The maximum absolute atomic E-state index is 4.20. The molecule has 2 aromatic heterocycles. The molecule has 13 heavy (non-hydrogen) atoms. The third-order valence-electron chi connectivity index (χ3n) is 1.33. The van der Waals surface area contributed by atoms with Crippen molar-refractivity contribution in [2.75, 3.05) is 0 Å². The summed E-state index contributed by atoms with van der Waals surface area (Å²) in [6, 6.07) is 4.13. The Hall–Kier alpha value is -0.140. The first kappa shape index (κ1) is 9.42. The fourth-order valence-corrected chi connectivity index (χ4v) is 3.06. The van der Waals surface area contributed by atoms with Crippen molar-refractivity contribution >= 4 is 45.7 Å². The van der Waals surface area contributed by atoms with Crippen molar-refractivity contribution in [3.8, 4) is 0 Å². The highest BCUT2D eigenvalue weighted by atomic mass is 127. The fraction of sp³-hybridized carbons (Fsp3) is 0. The molecule has 0 aliphatic carbocycles. The first-order valence-corrected chi connectivity index (χ1v) is 6.30. The zero-order valence-corrected chi connectivity index (χ0v) is 10.3. The summed E-state index contributed by atoms with van der Waals surface area (Å²) in [6.07, 6.45) is 3.40. The Morgan fingerprint density at radius 2 is 2.38 bits per heavy atom. The third-order valence-corrected chi connectivity index (χ3v) is 4.54. The highest BCUT2D eigenvalue weighted by molar-refractivity contribution is 14.1. The summed E-state index contributed by atoms with van der Waals surface area (Å²) in [5.74, 6) is 0. The molecule has 2 heterocycles. The van der Waals surface area contributed by atoms with E-state index in [0.717, 1.165) is 8.60 Å². The normalized spacial score (nSPS) is 10.2. The van der Waals surface area contributed by atoms with Gasteiger partial charge in [-0.25, -0.2) is 9.97 Å². The monoisotopic (exact) mass is 320 g/mol. The first-order valence-electron chi connectivity index (χ1n) is 3.53. The number of hydrogen-bond donors (Lipinski definition) is 0. The van der Waals surface area contributed by atoms with Crippen molar-refractivity contribution in [2.45, 2.75) is 9.24 Å². The van der Waals surface area contributed by atoms with E-state index in [9.17, 15) is 0 Å². The van der Waals surface area contributed by atoms with Gasteiger partial charge in [0.15, 0.2) is 0 Å². The standard InChI is InChI=1S/C8H5IN2S2/c9-6-4-10-5-11-8(6)13-7-2-1-3-12-7/h1-5H. The van der Waals surface area contributed by atoms with Crippen LogP contribution >= 0.6 is 45.7 Å². The molecule has 0 aliphatic rings. The molecule has 0 atom stereocenters. The van der Waals surface area contributed by atoms with E-state index in [0.29, 0.717) is 0 Å². The second-order valence-electron chi connectivity index (χ2n) is 2.21. The Labute approximate surface area is 98.0 Å². The summed E-state index contributed by atoms with van der Waals surface area (Å²) in [5, 5.41) is 3.09. The molecular formula is C8H5IN2S2. The number of aromatic nitrogens is 2. The van der Waals surface area contributed by atoms with E-state index < -0.39 is 0 Å². The average Bonchev–Trinajstić information content (AvgIpc) is 2.61. The quantitative estimate of drug-likeness (QED) is 0.627. The van der Waals surface area contributed by atoms with Crippen LogP contribution in [0.15, 0.2) is 39.3 Å². The van der Waals surface area contributed by atoms with Crippen LogP contribution in [0.4, 0.5) is 0 Å². The maximum atomic E-state index is 4.20. The number of rotatable bonds is 2. The van der Waals surface area contributed by atoms with Gasteiger partial charge in [-0.1, -0.05) is 17.8 Å². The third kappa shape index (κ3) is 2.41. The van der Waals surface area contributed by atoms with Crippen molar-refractivity contribution < 1.29 is 0 Å². The van der Waals surface area contributed by atoms with Crippen LogP contribution in [-0.2, 0) is 0 Å². The molecule has 66 valence electrons. The minimum Gasteiger partial charge on any atom is -0.244 e. The molecule has 0 fully saturated rings. The minimum atomic E-state index is 1.03. The molecule has 0 aliphatic heterocycles. The summed E-state index contributed by atoms with van der Waals surface area (Å²) in [7, 11) is 0. The summed E-state index contributed by atoms with van der Waals surface area (Å²) >= 11 is 5.65. The Balaban J connectivity index is 2.24. The maximum Gasteiger partial charge on any atom is 0.118 e. The topological polar surface area (TPSA) is 25.8 Å². The van der Waals surface area contributed by atoms with Gasteiger partial charge in [-0.3, -0.25) is 0 Å². The highest BCUT2D eigenvalue weighted by Gasteiger charge is 2.03. The van der Waals surface area contributed by atoms with E-state index in [2.05, 4.69) is 44.0 Å². The van der Waals surface area contributed by atoms with Gasteiger partial charge in [0.25, 0.3) is 0 Å². The molecule has 0 radical (unpaired) electrons. The van der Waals surface area contributed by atoms with Crippen LogP contribution in [0.1, 0.15) is 0 Å². The summed E-state index contributed by atoms with van der Waals surface area (Å²) < 4.78 is 2.36. The molecule has 0 saturated carbocycles. The van der Waals surface area contributed by atoms with Gasteiger partial charge in [0.1, 0.15) is 11.4 Å². The second-order valence-corrected chi connectivity index (χ2v) is 5.61. The summed E-state index contributed by atoms with van der Waals surface area (Å²) in [5.41, 5.74) is 0. The second kappa shape index (κ2) is 4.39. The van der Waals surface area contributed by atoms with Crippen LogP contribution in [0.3, 0.4) is 0 Å². The Bertz CT molecular complexity index is 389. The van der Waals surface area contributed by atoms with E-state index in [4.69, 9.17) is 0 Å². The molecule has 0 spiro atoms. The molecule has 0 N–H and O–H groups in total. The van der Waals surface area contributed by atoms with Crippen LogP contribution in [0.2, 0.25) is 0 Å². The van der Waals surface area contributed by atoms with Gasteiger partial charge in [-0.15, -0.1) is 11.3 Å². The van der Waals surface area contributed by atoms with Crippen LogP contribution in [0.5, 0.6) is 0 Å². The van der Waals surface area contributed by atoms with Crippen LogP contribution in [0, 0.1) is 3.57 Å². The molecule has 0 aromatic carbocycles. The Kier molecular flexibility index (Phi) is 3.18. The predicted octanol–water partition coefficient (Wildman–Crippen LogP) is 3.29. The molecule has 0 saturated heterocycles. The summed E-state index contributed by atoms with van der Waals surface area (Å²) in [6.45, 7) is 0. The van der Waals surface area contributed by atoms with Crippen LogP contribution in [0.25, 0.3) is 0 Å². The van der Waals surface area contributed by atoms with Gasteiger partial charge < -0.3 is 0 Å².